The largest absolute Gasteiger partial charge is 0.314 e. The highest BCUT2D eigenvalue weighted by Crippen LogP contribution is 2.34. The molecular weight excluding hydrogens is 230 g/mol. The van der Waals surface area contributed by atoms with Crippen molar-refractivity contribution in [2.75, 3.05) is 6.54 Å². The normalized spacial score (nSPS) is 23.2. The third kappa shape index (κ3) is 4.07. The first kappa shape index (κ1) is 14.6. The van der Waals surface area contributed by atoms with E-state index in [0.29, 0.717) is 6.04 Å². The minimum Gasteiger partial charge on any atom is -0.314 e. The van der Waals surface area contributed by atoms with E-state index in [0.717, 1.165) is 11.8 Å². The summed E-state index contributed by atoms with van der Waals surface area (Å²) in [6, 6.07) is 7.51. The van der Waals surface area contributed by atoms with E-state index in [9.17, 15) is 0 Å². The van der Waals surface area contributed by atoms with Crippen molar-refractivity contribution >= 4 is 0 Å². The van der Waals surface area contributed by atoms with E-state index >= 15 is 0 Å². The van der Waals surface area contributed by atoms with Crippen molar-refractivity contribution in [3.63, 3.8) is 0 Å². The number of aryl methyl sites for hydroxylation is 2. The van der Waals surface area contributed by atoms with Gasteiger partial charge in [-0.25, -0.2) is 0 Å². The molecular formula is C18H29N. The van der Waals surface area contributed by atoms with Crippen LogP contribution in [0, 0.1) is 25.7 Å². The van der Waals surface area contributed by atoms with Crippen LogP contribution < -0.4 is 5.32 Å². The molecule has 1 aromatic carbocycles. The summed E-state index contributed by atoms with van der Waals surface area (Å²) in [5.41, 5.74) is 4.44. The van der Waals surface area contributed by atoms with Crippen molar-refractivity contribution in [2.45, 2.75) is 59.4 Å². The van der Waals surface area contributed by atoms with E-state index in [1.165, 1.54) is 43.4 Å². The molecule has 1 aliphatic carbocycles. The first-order valence-electron chi connectivity index (χ1n) is 7.85. The molecule has 0 aliphatic heterocycles. The molecule has 1 heteroatoms. The second kappa shape index (κ2) is 6.56. The maximum atomic E-state index is 3.63. The smallest absolute Gasteiger partial charge is 0.00104 e. The summed E-state index contributed by atoms with van der Waals surface area (Å²) in [4.78, 5) is 0. The predicted octanol–water partition coefficient (Wildman–Crippen LogP) is 4.26. The van der Waals surface area contributed by atoms with Crippen molar-refractivity contribution in [1.82, 2.24) is 5.32 Å². The maximum absolute atomic E-state index is 3.63. The van der Waals surface area contributed by atoms with Gasteiger partial charge in [0.2, 0.25) is 0 Å². The van der Waals surface area contributed by atoms with Crippen LogP contribution in [0.2, 0.25) is 0 Å². The SMILES string of the molecule is Cc1ccc(C)c(CC2CCCC2CNC(C)C)c1. The van der Waals surface area contributed by atoms with Crippen LogP contribution in [0.1, 0.15) is 49.8 Å². The van der Waals surface area contributed by atoms with Crippen LogP contribution in [0.25, 0.3) is 0 Å². The molecule has 1 aliphatic rings. The second-order valence-electron chi connectivity index (χ2n) is 6.65. The van der Waals surface area contributed by atoms with Gasteiger partial charge in [0, 0.05) is 6.04 Å². The van der Waals surface area contributed by atoms with Gasteiger partial charge in [0.25, 0.3) is 0 Å². The predicted molar refractivity (Wildman–Crippen MR) is 83.6 cm³/mol. The zero-order chi connectivity index (χ0) is 13.8. The zero-order valence-corrected chi connectivity index (χ0v) is 13.0. The summed E-state index contributed by atoms with van der Waals surface area (Å²) in [6.45, 7) is 10.1. The Balaban J connectivity index is 1.98. The van der Waals surface area contributed by atoms with Crippen molar-refractivity contribution in [3.05, 3.63) is 34.9 Å². The van der Waals surface area contributed by atoms with Gasteiger partial charge in [-0.15, -0.1) is 0 Å². The molecule has 1 nitrogen and oxygen atoms in total. The molecule has 0 spiro atoms. The fourth-order valence-electron chi connectivity index (χ4n) is 3.34. The number of rotatable bonds is 5. The highest BCUT2D eigenvalue weighted by molar-refractivity contribution is 5.31. The Morgan fingerprint density at radius 3 is 2.63 bits per heavy atom. The Morgan fingerprint density at radius 1 is 1.16 bits per heavy atom. The minimum absolute atomic E-state index is 0.613. The molecule has 1 fully saturated rings. The summed E-state index contributed by atoms with van der Waals surface area (Å²) in [6.07, 6.45) is 5.52. The summed E-state index contributed by atoms with van der Waals surface area (Å²) < 4.78 is 0. The number of nitrogens with one attached hydrogen (secondary N) is 1. The first-order chi connectivity index (χ1) is 9.06. The van der Waals surface area contributed by atoms with Crippen LogP contribution in [-0.4, -0.2) is 12.6 Å². The van der Waals surface area contributed by atoms with E-state index in [-0.39, 0.29) is 0 Å². The average Bonchev–Trinajstić information content (AvgIpc) is 2.79. The summed E-state index contributed by atoms with van der Waals surface area (Å²) >= 11 is 0. The molecule has 2 atom stereocenters. The van der Waals surface area contributed by atoms with Crippen molar-refractivity contribution in [2.24, 2.45) is 11.8 Å². The number of hydrogen-bond donors (Lipinski definition) is 1. The van der Waals surface area contributed by atoms with Gasteiger partial charge < -0.3 is 5.32 Å². The van der Waals surface area contributed by atoms with E-state index in [2.05, 4.69) is 51.2 Å². The Hall–Kier alpha value is -0.820. The van der Waals surface area contributed by atoms with Gasteiger partial charge in [0.05, 0.1) is 0 Å². The second-order valence-corrected chi connectivity index (χ2v) is 6.65. The molecule has 2 rings (SSSR count). The van der Waals surface area contributed by atoms with Gasteiger partial charge in [-0.05, 0) is 62.6 Å². The molecule has 0 amide bonds. The Morgan fingerprint density at radius 2 is 1.89 bits per heavy atom. The molecule has 0 saturated heterocycles. The highest BCUT2D eigenvalue weighted by Gasteiger charge is 2.27. The third-order valence-electron chi connectivity index (χ3n) is 4.59. The van der Waals surface area contributed by atoms with Gasteiger partial charge in [-0.1, -0.05) is 44.0 Å². The molecule has 2 unspecified atom stereocenters. The molecule has 0 bridgehead atoms. The minimum atomic E-state index is 0.613. The molecule has 1 saturated carbocycles. The third-order valence-corrected chi connectivity index (χ3v) is 4.59. The molecule has 1 N–H and O–H groups in total. The van der Waals surface area contributed by atoms with Crippen LogP contribution in [0.5, 0.6) is 0 Å². The fourth-order valence-corrected chi connectivity index (χ4v) is 3.34. The average molecular weight is 259 g/mol. The lowest BCUT2D eigenvalue weighted by Gasteiger charge is -2.22. The molecule has 1 aromatic rings. The number of benzene rings is 1. The number of hydrogen-bond acceptors (Lipinski definition) is 1. The van der Waals surface area contributed by atoms with E-state index in [1.807, 2.05) is 0 Å². The summed E-state index contributed by atoms with van der Waals surface area (Å²) in [7, 11) is 0. The van der Waals surface area contributed by atoms with Crippen LogP contribution >= 0.6 is 0 Å². The van der Waals surface area contributed by atoms with Crippen LogP contribution in [-0.2, 0) is 6.42 Å². The highest BCUT2D eigenvalue weighted by atomic mass is 14.9. The first-order valence-corrected chi connectivity index (χ1v) is 7.85. The molecule has 106 valence electrons. The van der Waals surface area contributed by atoms with E-state index in [1.54, 1.807) is 5.56 Å². The van der Waals surface area contributed by atoms with Crippen molar-refractivity contribution < 1.29 is 0 Å². The maximum Gasteiger partial charge on any atom is 0.00104 e. The van der Waals surface area contributed by atoms with Gasteiger partial charge in [0.15, 0.2) is 0 Å². The van der Waals surface area contributed by atoms with Crippen molar-refractivity contribution in [1.29, 1.82) is 0 Å². The summed E-state index contributed by atoms with van der Waals surface area (Å²) in [5, 5.41) is 3.63. The monoisotopic (exact) mass is 259 g/mol. The van der Waals surface area contributed by atoms with Crippen LogP contribution in [0.3, 0.4) is 0 Å². The van der Waals surface area contributed by atoms with Gasteiger partial charge in [0.1, 0.15) is 0 Å². The quantitative estimate of drug-likeness (QED) is 0.833. The Bertz CT molecular complexity index is 408. The zero-order valence-electron chi connectivity index (χ0n) is 13.0. The van der Waals surface area contributed by atoms with Crippen molar-refractivity contribution in [3.8, 4) is 0 Å². The van der Waals surface area contributed by atoms with E-state index in [4.69, 9.17) is 0 Å². The molecule has 19 heavy (non-hydrogen) atoms. The van der Waals surface area contributed by atoms with Crippen LogP contribution in [0.15, 0.2) is 18.2 Å². The lowest BCUT2D eigenvalue weighted by molar-refractivity contribution is 0.353. The molecule has 0 heterocycles. The Kier molecular flexibility index (Phi) is 5.04. The molecule has 0 aromatic heterocycles. The Labute approximate surface area is 118 Å². The summed E-state index contributed by atoms with van der Waals surface area (Å²) in [5.74, 6) is 1.76. The topological polar surface area (TPSA) is 12.0 Å². The van der Waals surface area contributed by atoms with E-state index < -0.39 is 0 Å². The lowest BCUT2D eigenvalue weighted by atomic mass is 9.87. The van der Waals surface area contributed by atoms with Crippen LogP contribution in [0.4, 0.5) is 0 Å². The fraction of sp³-hybridized carbons (Fsp3) is 0.667. The standard InChI is InChI=1S/C18H29N/c1-13(2)19-12-17-7-5-6-16(17)11-18-10-14(3)8-9-15(18)4/h8-10,13,16-17,19H,5-7,11-12H2,1-4H3. The van der Waals surface area contributed by atoms with Gasteiger partial charge >= 0.3 is 0 Å². The van der Waals surface area contributed by atoms with Gasteiger partial charge in [-0.3, -0.25) is 0 Å². The lowest BCUT2D eigenvalue weighted by Crippen LogP contribution is -2.31. The molecule has 0 radical (unpaired) electrons. The van der Waals surface area contributed by atoms with Gasteiger partial charge in [-0.2, -0.15) is 0 Å².